The molecule has 68 valence electrons. The lowest BCUT2D eigenvalue weighted by molar-refractivity contribution is 0.265. The van der Waals surface area contributed by atoms with Gasteiger partial charge in [-0.05, 0) is 12.1 Å². The van der Waals surface area contributed by atoms with Crippen LogP contribution in [0.15, 0.2) is 18.2 Å². The number of nitriles is 1. The third-order valence-electron chi connectivity index (χ3n) is 1.76. The first-order valence-corrected chi connectivity index (χ1v) is 3.78. The molecule has 4 N–H and O–H groups in total. The SMILES string of the molecule is N#Cc1ccc(C(N)CO)c(O)c1. The highest BCUT2D eigenvalue weighted by molar-refractivity contribution is 5.42. The fourth-order valence-electron chi connectivity index (χ4n) is 1.03. The van der Waals surface area contributed by atoms with Crippen molar-refractivity contribution in [3.8, 4) is 11.8 Å². The fourth-order valence-corrected chi connectivity index (χ4v) is 1.03. The zero-order valence-corrected chi connectivity index (χ0v) is 6.94. The van der Waals surface area contributed by atoms with Gasteiger partial charge in [-0.3, -0.25) is 0 Å². The number of rotatable bonds is 2. The molecule has 0 spiro atoms. The van der Waals surface area contributed by atoms with Crippen molar-refractivity contribution in [1.29, 1.82) is 5.26 Å². The number of phenols is 1. The Morgan fingerprint density at radius 3 is 2.69 bits per heavy atom. The molecule has 0 aliphatic rings. The Hall–Kier alpha value is -1.57. The van der Waals surface area contributed by atoms with Crippen molar-refractivity contribution in [2.24, 2.45) is 5.73 Å². The Labute approximate surface area is 75.8 Å². The van der Waals surface area contributed by atoms with Crippen LogP contribution in [0.2, 0.25) is 0 Å². The van der Waals surface area contributed by atoms with E-state index in [4.69, 9.17) is 16.1 Å². The van der Waals surface area contributed by atoms with Crippen LogP contribution in [0.3, 0.4) is 0 Å². The van der Waals surface area contributed by atoms with Gasteiger partial charge in [-0.25, -0.2) is 0 Å². The van der Waals surface area contributed by atoms with Crippen LogP contribution in [-0.2, 0) is 0 Å². The summed E-state index contributed by atoms with van der Waals surface area (Å²) in [5.41, 5.74) is 6.31. The summed E-state index contributed by atoms with van der Waals surface area (Å²) < 4.78 is 0. The third kappa shape index (κ3) is 1.96. The van der Waals surface area contributed by atoms with Crippen LogP contribution in [0, 0.1) is 11.3 Å². The van der Waals surface area contributed by atoms with Gasteiger partial charge >= 0.3 is 0 Å². The second kappa shape index (κ2) is 3.90. The second-order valence-electron chi connectivity index (χ2n) is 2.67. The summed E-state index contributed by atoms with van der Waals surface area (Å²) in [6, 6.07) is 5.69. The lowest BCUT2D eigenvalue weighted by Crippen LogP contribution is -2.14. The van der Waals surface area contributed by atoms with E-state index in [1.165, 1.54) is 12.1 Å². The minimum Gasteiger partial charge on any atom is -0.508 e. The van der Waals surface area contributed by atoms with E-state index in [-0.39, 0.29) is 12.4 Å². The molecule has 4 nitrogen and oxygen atoms in total. The van der Waals surface area contributed by atoms with Gasteiger partial charge in [-0.15, -0.1) is 0 Å². The van der Waals surface area contributed by atoms with E-state index in [1.54, 1.807) is 6.07 Å². The lowest BCUT2D eigenvalue weighted by atomic mass is 10.1. The highest BCUT2D eigenvalue weighted by Crippen LogP contribution is 2.23. The molecule has 0 saturated carbocycles. The number of hydrogen-bond acceptors (Lipinski definition) is 4. The number of aliphatic hydroxyl groups is 1. The van der Waals surface area contributed by atoms with Crippen LogP contribution in [0.1, 0.15) is 17.2 Å². The van der Waals surface area contributed by atoms with Gasteiger partial charge in [0.15, 0.2) is 0 Å². The first kappa shape index (κ1) is 9.52. The lowest BCUT2D eigenvalue weighted by Gasteiger charge is -2.10. The number of nitrogens with zero attached hydrogens (tertiary/aromatic N) is 1. The van der Waals surface area contributed by atoms with E-state index in [2.05, 4.69) is 0 Å². The smallest absolute Gasteiger partial charge is 0.121 e. The molecule has 4 heteroatoms. The molecule has 1 aromatic carbocycles. The van der Waals surface area contributed by atoms with Crippen LogP contribution in [0.25, 0.3) is 0 Å². The number of hydrogen-bond donors (Lipinski definition) is 3. The minimum absolute atomic E-state index is 0.0550. The minimum atomic E-state index is -0.604. The first-order chi connectivity index (χ1) is 6.19. The maximum Gasteiger partial charge on any atom is 0.121 e. The van der Waals surface area contributed by atoms with Crippen LogP contribution in [0.5, 0.6) is 5.75 Å². The van der Waals surface area contributed by atoms with Crippen molar-refractivity contribution in [2.45, 2.75) is 6.04 Å². The highest BCUT2D eigenvalue weighted by atomic mass is 16.3. The molecular formula is C9H10N2O2. The van der Waals surface area contributed by atoms with Crippen molar-refractivity contribution < 1.29 is 10.2 Å². The van der Waals surface area contributed by atoms with Crippen LogP contribution in [0.4, 0.5) is 0 Å². The Morgan fingerprint density at radius 2 is 2.23 bits per heavy atom. The van der Waals surface area contributed by atoms with Crippen molar-refractivity contribution in [2.75, 3.05) is 6.61 Å². The number of nitrogens with two attached hydrogens (primary N) is 1. The number of aliphatic hydroxyl groups excluding tert-OH is 1. The topological polar surface area (TPSA) is 90.3 Å². The Kier molecular flexibility index (Phi) is 2.85. The summed E-state index contributed by atoms with van der Waals surface area (Å²) in [4.78, 5) is 0. The third-order valence-corrected chi connectivity index (χ3v) is 1.76. The van der Waals surface area contributed by atoms with Gasteiger partial charge in [-0.2, -0.15) is 5.26 Å². The molecule has 1 rings (SSSR count). The predicted octanol–water partition coefficient (Wildman–Crippen LogP) is 0.256. The molecule has 0 bridgehead atoms. The number of benzene rings is 1. The van der Waals surface area contributed by atoms with Gasteiger partial charge in [0.2, 0.25) is 0 Å². The fraction of sp³-hybridized carbons (Fsp3) is 0.222. The molecule has 0 radical (unpaired) electrons. The maximum atomic E-state index is 9.38. The summed E-state index contributed by atoms with van der Waals surface area (Å²) in [6.07, 6.45) is 0. The van der Waals surface area contributed by atoms with E-state index in [0.717, 1.165) is 0 Å². The van der Waals surface area contributed by atoms with Crippen molar-refractivity contribution in [3.05, 3.63) is 29.3 Å². The number of aromatic hydroxyl groups is 1. The average molecular weight is 178 g/mol. The molecule has 1 unspecified atom stereocenters. The van der Waals surface area contributed by atoms with Crippen molar-refractivity contribution in [3.63, 3.8) is 0 Å². The van der Waals surface area contributed by atoms with Crippen molar-refractivity contribution in [1.82, 2.24) is 0 Å². The molecule has 0 aliphatic heterocycles. The van der Waals surface area contributed by atoms with E-state index in [1.807, 2.05) is 6.07 Å². The normalized spacial score (nSPS) is 12.1. The quantitative estimate of drug-likeness (QED) is 0.605. The Bertz CT molecular complexity index is 344. The summed E-state index contributed by atoms with van der Waals surface area (Å²) in [7, 11) is 0. The second-order valence-corrected chi connectivity index (χ2v) is 2.67. The molecule has 1 aromatic rings. The Morgan fingerprint density at radius 1 is 1.54 bits per heavy atom. The standard InChI is InChI=1S/C9H10N2O2/c10-4-6-1-2-7(8(11)5-12)9(13)3-6/h1-3,8,12-13H,5,11H2. The summed E-state index contributed by atoms with van der Waals surface area (Å²) in [5.74, 6) is -0.0550. The van der Waals surface area contributed by atoms with Crippen LogP contribution >= 0.6 is 0 Å². The summed E-state index contributed by atoms with van der Waals surface area (Å²) in [5, 5.41) is 26.6. The van der Waals surface area contributed by atoms with Gasteiger partial charge in [0, 0.05) is 5.56 Å². The number of phenolic OH excluding ortho intramolecular Hbond substituents is 1. The van der Waals surface area contributed by atoms with Gasteiger partial charge in [0.1, 0.15) is 5.75 Å². The first-order valence-electron chi connectivity index (χ1n) is 3.78. The maximum absolute atomic E-state index is 9.38. The van der Waals surface area contributed by atoms with Gasteiger partial charge < -0.3 is 15.9 Å². The molecular weight excluding hydrogens is 168 g/mol. The van der Waals surface area contributed by atoms with Crippen LogP contribution in [-0.4, -0.2) is 16.8 Å². The highest BCUT2D eigenvalue weighted by Gasteiger charge is 2.09. The van der Waals surface area contributed by atoms with Gasteiger partial charge in [-0.1, -0.05) is 6.07 Å². The van der Waals surface area contributed by atoms with E-state index < -0.39 is 6.04 Å². The van der Waals surface area contributed by atoms with Gasteiger partial charge in [0.05, 0.1) is 24.3 Å². The van der Waals surface area contributed by atoms with E-state index in [0.29, 0.717) is 11.1 Å². The zero-order chi connectivity index (χ0) is 9.84. The molecule has 0 saturated heterocycles. The monoisotopic (exact) mass is 178 g/mol. The average Bonchev–Trinajstić information content (AvgIpc) is 2.16. The summed E-state index contributed by atoms with van der Waals surface area (Å²) in [6.45, 7) is -0.237. The van der Waals surface area contributed by atoms with E-state index >= 15 is 0 Å². The van der Waals surface area contributed by atoms with Crippen molar-refractivity contribution >= 4 is 0 Å². The zero-order valence-electron chi connectivity index (χ0n) is 6.94. The molecule has 13 heavy (non-hydrogen) atoms. The summed E-state index contributed by atoms with van der Waals surface area (Å²) >= 11 is 0. The molecule has 1 atom stereocenters. The molecule has 0 aromatic heterocycles. The molecule has 0 aliphatic carbocycles. The molecule has 0 heterocycles. The van der Waals surface area contributed by atoms with Crippen LogP contribution < -0.4 is 5.73 Å². The Balaban J connectivity index is 3.07. The van der Waals surface area contributed by atoms with E-state index in [9.17, 15) is 5.11 Å². The molecule has 0 fully saturated rings. The predicted molar refractivity (Wildman–Crippen MR) is 46.8 cm³/mol. The van der Waals surface area contributed by atoms with Gasteiger partial charge in [0.25, 0.3) is 0 Å². The largest absolute Gasteiger partial charge is 0.508 e. The molecule has 0 amide bonds.